The van der Waals surface area contributed by atoms with Gasteiger partial charge in [0.05, 0.1) is 11.3 Å². The average Bonchev–Trinajstić information content (AvgIpc) is 3.16. The molecule has 2 aromatic carbocycles. The number of piperidine rings is 1. The van der Waals surface area contributed by atoms with E-state index in [2.05, 4.69) is 17.4 Å². The molecule has 0 bridgehead atoms. The Bertz CT molecular complexity index is 1160. The van der Waals surface area contributed by atoms with Gasteiger partial charge in [-0.25, -0.2) is 0 Å². The van der Waals surface area contributed by atoms with Crippen molar-refractivity contribution in [3.8, 4) is 5.75 Å². The summed E-state index contributed by atoms with van der Waals surface area (Å²) >= 11 is 0. The summed E-state index contributed by atoms with van der Waals surface area (Å²) in [5.74, 6) is 1.23. The molecule has 2 amide bonds. The highest BCUT2D eigenvalue weighted by molar-refractivity contribution is 6.05. The lowest BCUT2D eigenvalue weighted by atomic mass is 10.0. The molecule has 1 aliphatic rings. The SMILES string of the molecule is Cc1cc(C(=O)N2CCCCC2C)ccc1NC(=O)c1ccc(OCc2c(C)noc2C)cc1. The van der Waals surface area contributed by atoms with Gasteiger partial charge in [0.2, 0.25) is 0 Å². The Balaban J connectivity index is 1.38. The van der Waals surface area contributed by atoms with Crippen molar-refractivity contribution in [1.29, 1.82) is 0 Å². The number of rotatable bonds is 6. The molecule has 0 aliphatic carbocycles. The first kappa shape index (κ1) is 23.5. The largest absolute Gasteiger partial charge is 0.489 e. The highest BCUT2D eigenvalue weighted by Gasteiger charge is 2.24. The van der Waals surface area contributed by atoms with E-state index >= 15 is 0 Å². The van der Waals surface area contributed by atoms with Crippen LogP contribution in [-0.2, 0) is 6.61 Å². The maximum absolute atomic E-state index is 12.9. The molecule has 1 fully saturated rings. The number of aromatic nitrogens is 1. The molecule has 2 heterocycles. The quantitative estimate of drug-likeness (QED) is 0.528. The first-order valence-electron chi connectivity index (χ1n) is 11.7. The van der Waals surface area contributed by atoms with Gasteiger partial charge in [0.1, 0.15) is 18.1 Å². The van der Waals surface area contributed by atoms with Crippen LogP contribution < -0.4 is 10.1 Å². The average molecular weight is 462 g/mol. The third-order valence-corrected chi connectivity index (χ3v) is 6.47. The van der Waals surface area contributed by atoms with Gasteiger partial charge < -0.3 is 19.5 Å². The predicted molar refractivity (Wildman–Crippen MR) is 130 cm³/mol. The molecule has 1 N–H and O–H groups in total. The lowest BCUT2D eigenvalue weighted by Gasteiger charge is -2.33. The van der Waals surface area contributed by atoms with E-state index in [-0.39, 0.29) is 17.9 Å². The number of likely N-dealkylation sites (tertiary alicyclic amines) is 1. The molecule has 7 heteroatoms. The molecule has 7 nitrogen and oxygen atoms in total. The fraction of sp³-hybridized carbons (Fsp3) is 0.370. The van der Waals surface area contributed by atoms with E-state index in [1.54, 1.807) is 36.4 Å². The number of anilines is 1. The Hall–Kier alpha value is -3.61. The van der Waals surface area contributed by atoms with Crippen molar-refractivity contribution in [1.82, 2.24) is 10.1 Å². The van der Waals surface area contributed by atoms with Gasteiger partial charge >= 0.3 is 0 Å². The standard InChI is InChI=1S/C27H31N3O4/c1-17-15-22(27(32)30-14-6-5-7-18(30)2)10-13-25(17)28-26(31)21-8-11-23(12-9-21)33-16-24-19(3)29-34-20(24)4/h8-13,15,18H,5-7,14,16H2,1-4H3,(H,28,31). The monoisotopic (exact) mass is 461 g/mol. The van der Waals surface area contributed by atoms with Crippen molar-refractivity contribution in [3.63, 3.8) is 0 Å². The van der Waals surface area contributed by atoms with E-state index in [4.69, 9.17) is 9.26 Å². The van der Waals surface area contributed by atoms with Gasteiger partial charge in [-0.2, -0.15) is 0 Å². The van der Waals surface area contributed by atoms with Gasteiger partial charge in [0.15, 0.2) is 0 Å². The van der Waals surface area contributed by atoms with Gasteiger partial charge in [0.25, 0.3) is 11.8 Å². The number of carbonyl (C=O) groups excluding carboxylic acids is 2. The number of ether oxygens (including phenoxy) is 1. The van der Waals surface area contributed by atoms with Crippen molar-refractivity contribution in [3.05, 3.63) is 76.2 Å². The van der Waals surface area contributed by atoms with Crippen LogP contribution in [0.4, 0.5) is 5.69 Å². The van der Waals surface area contributed by atoms with Crippen molar-refractivity contribution < 1.29 is 18.8 Å². The lowest BCUT2D eigenvalue weighted by Crippen LogP contribution is -2.42. The number of hydrogen-bond acceptors (Lipinski definition) is 5. The summed E-state index contributed by atoms with van der Waals surface area (Å²) in [7, 11) is 0. The second-order valence-corrected chi connectivity index (χ2v) is 8.94. The summed E-state index contributed by atoms with van der Waals surface area (Å²) in [6.45, 7) is 8.89. The molecule has 0 radical (unpaired) electrons. The Morgan fingerprint density at radius 3 is 2.47 bits per heavy atom. The first-order valence-corrected chi connectivity index (χ1v) is 11.7. The Kier molecular flexibility index (Phi) is 7.01. The molecule has 0 spiro atoms. The van der Waals surface area contributed by atoms with Crippen molar-refractivity contribution in [2.24, 2.45) is 0 Å². The molecule has 1 unspecified atom stereocenters. The topological polar surface area (TPSA) is 84.7 Å². The maximum atomic E-state index is 12.9. The van der Waals surface area contributed by atoms with E-state index in [0.717, 1.165) is 42.0 Å². The van der Waals surface area contributed by atoms with Crippen LogP contribution in [-0.4, -0.2) is 34.5 Å². The van der Waals surface area contributed by atoms with E-state index in [1.165, 1.54) is 6.42 Å². The van der Waals surface area contributed by atoms with Gasteiger partial charge in [-0.15, -0.1) is 0 Å². The fourth-order valence-electron chi connectivity index (χ4n) is 4.26. The summed E-state index contributed by atoms with van der Waals surface area (Å²) < 4.78 is 11.0. The van der Waals surface area contributed by atoms with Crippen molar-refractivity contribution in [2.45, 2.75) is 59.6 Å². The maximum Gasteiger partial charge on any atom is 0.255 e. The van der Waals surface area contributed by atoms with Crippen LogP contribution in [0.5, 0.6) is 5.75 Å². The van der Waals surface area contributed by atoms with Crippen LogP contribution in [0.1, 0.15) is 69.5 Å². The van der Waals surface area contributed by atoms with Crippen LogP contribution in [0.3, 0.4) is 0 Å². The van der Waals surface area contributed by atoms with Gasteiger partial charge in [-0.05, 0) is 95.0 Å². The number of amides is 2. The molecule has 3 aromatic rings. The third kappa shape index (κ3) is 5.14. The van der Waals surface area contributed by atoms with Crippen molar-refractivity contribution >= 4 is 17.5 Å². The third-order valence-electron chi connectivity index (χ3n) is 6.47. The minimum Gasteiger partial charge on any atom is -0.489 e. The summed E-state index contributed by atoms with van der Waals surface area (Å²) in [6.07, 6.45) is 3.26. The number of nitrogens with one attached hydrogen (secondary N) is 1. The second-order valence-electron chi connectivity index (χ2n) is 8.94. The molecule has 34 heavy (non-hydrogen) atoms. The predicted octanol–water partition coefficient (Wildman–Crippen LogP) is 5.45. The van der Waals surface area contributed by atoms with Crippen molar-refractivity contribution in [2.75, 3.05) is 11.9 Å². The molecule has 1 aromatic heterocycles. The van der Waals surface area contributed by atoms with Crippen LogP contribution in [0.25, 0.3) is 0 Å². The number of hydrogen-bond donors (Lipinski definition) is 1. The van der Waals surface area contributed by atoms with Crippen LogP contribution >= 0.6 is 0 Å². The Labute approximate surface area is 200 Å². The fourth-order valence-corrected chi connectivity index (χ4v) is 4.26. The van der Waals surface area contributed by atoms with E-state index < -0.39 is 0 Å². The zero-order chi connectivity index (χ0) is 24.2. The Morgan fingerprint density at radius 2 is 1.82 bits per heavy atom. The molecule has 0 saturated carbocycles. The van der Waals surface area contributed by atoms with E-state index in [0.29, 0.717) is 29.2 Å². The molecule has 4 rings (SSSR count). The Morgan fingerprint density at radius 1 is 1.09 bits per heavy atom. The molecule has 1 atom stereocenters. The molecule has 1 aliphatic heterocycles. The highest BCUT2D eigenvalue weighted by atomic mass is 16.5. The van der Waals surface area contributed by atoms with Crippen LogP contribution in [0.2, 0.25) is 0 Å². The summed E-state index contributed by atoms with van der Waals surface area (Å²) in [6, 6.07) is 12.7. The summed E-state index contributed by atoms with van der Waals surface area (Å²) in [5, 5.41) is 6.87. The second kappa shape index (κ2) is 10.1. The lowest BCUT2D eigenvalue weighted by molar-refractivity contribution is 0.0635. The first-order chi connectivity index (χ1) is 16.3. The minimum atomic E-state index is -0.218. The summed E-state index contributed by atoms with van der Waals surface area (Å²) in [4.78, 5) is 27.7. The van der Waals surface area contributed by atoms with E-state index in [9.17, 15) is 9.59 Å². The van der Waals surface area contributed by atoms with Gasteiger partial charge in [0, 0.05) is 29.4 Å². The molecular formula is C27H31N3O4. The molecule has 1 saturated heterocycles. The van der Waals surface area contributed by atoms with Crippen LogP contribution in [0, 0.1) is 20.8 Å². The number of benzene rings is 2. The van der Waals surface area contributed by atoms with Crippen LogP contribution in [0.15, 0.2) is 47.0 Å². The number of nitrogens with zero attached hydrogens (tertiary/aromatic N) is 2. The highest BCUT2D eigenvalue weighted by Crippen LogP contribution is 2.23. The summed E-state index contributed by atoms with van der Waals surface area (Å²) in [5.41, 5.74) is 4.45. The van der Waals surface area contributed by atoms with E-state index in [1.807, 2.05) is 31.7 Å². The molecule has 178 valence electrons. The van der Waals surface area contributed by atoms with Gasteiger partial charge in [-0.3, -0.25) is 9.59 Å². The normalized spacial score (nSPS) is 15.8. The van der Waals surface area contributed by atoms with Gasteiger partial charge in [-0.1, -0.05) is 5.16 Å². The zero-order valence-electron chi connectivity index (χ0n) is 20.2. The minimum absolute atomic E-state index is 0.0559. The number of carbonyl (C=O) groups is 2. The molecular weight excluding hydrogens is 430 g/mol. The number of aryl methyl sites for hydroxylation is 3. The zero-order valence-corrected chi connectivity index (χ0v) is 20.2. The smallest absolute Gasteiger partial charge is 0.255 e.